The minimum Gasteiger partial charge on any atom is -0.309 e. The summed E-state index contributed by atoms with van der Waals surface area (Å²) in [6.07, 6.45) is 0.885. The monoisotopic (exact) mass is 297 g/mol. The Balaban J connectivity index is 2.32. The largest absolute Gasteiger partial charge is 0.309 e. The highest BCUT2D eigenvalue weighted by Crippen LogP contribution is 2.76. The summed E-state index contributed by atoms with van der Waals surface area (Å²) in [5, 5.41) is 0. The molecule has 2 atom stereocenters. The highest BCUT2D eigenvalue weighted by Gasteiger charge is 2.81. The number of rotatable bonds is 1. The van der Waals surface area contributed by atoms with Crippen LogP contribution in [0, 0.1) is 12.8 Å². The molecule has 19 heavy (non-hydrogen) atoms. The fourth-order valence-electron chi connectivity index (χ4n) is 3.93. The van der Waals surface area contributed by atoms with Crippen molar-refractivity contribution < 1.29 is 4.79 Å². The van der Waals surface area contributed by atoms with Gasteiger partial charge in [0.1, 0.15) is 4.33 Å². The first kappa shape index (κ1) is 13.3. The fraction of sp³-hybridized carbons (Fsp3) is 0.533. The number of carbonyl (C=O) groups excluding carboxylic acids is 1. The molecular weight excluding hydrogens is 281 g/mol. The van der Waals surface area contributed by atoms with Gasteiger partial charge in [0.25, 0.3) is 0 Å². The van der Waals surface area contributed by atoms with Gasteiger partial charge in [0.2, 0.25) is 6.41 Å². The van der Waals surface area contributed by atoms with Crippen molar-refractivity contribution in [1.29, 1.82) is 0 Å². The maximum absolute atomic E-state index is 11.5. The summed E-state index contributed by atoms with van der Waals surface area (Å²) in [5.74, 6) is 0.0373. The van der Waals surface area contributed by atoms with Crippen LogP contribution in [0.5, 0.6) is 0 Å². The number of fused-ring (bicyclic) bond motifs is 3. The quantitative estimate of drug-likeness (QED) is 0.570. The standard InChI is InChI=1S/C15H17Cl2NO/c1-9-5-6-11-10(7-9)14(4)12(15(14,16)17)13(2,3)18(11)8-19/h5-8,12H,1-4H3/t12-,14+/m1/s1. The lowest BCUT2D eigenvalue weighted by Crippen LogP contribution is -2.50. The molecule has 4 heteroatoms. The van der Waals surface area contributed by atoms with Crippen molar-refractivity contribution in [2.45, 2.75) is 43.0 Å². The van der Waals surface area contributed by atoms with Crippen LogP contribution in [0.15, 0.2) is 18.2 Å². The van der Waals surface area contributed by atoms with Gasteiger partial charge in [-0.05, 0) is 32.4 Å². The van der Waals surface area contributed by atoms with Crippen molar-refractivity contribution in [3.8, 4) is 0 Å². The molecule has 0 bridgehead atoms. The lowest BCUT2D eigenvalue weighted by Gasteiger charge is -2.42. The molecule has 1 saturated carbocycles. The topological polar surface area (TPSA) is 20.3 Å². The van der Waals surface area contributed by atoms with Crippen molar-refractivity contribution in [1.82, 2.24) is 0 Å². The first-order valence-corrected chi connectivity index (χ1v) is 7.18. The van der Waals surface area contributed by atoms with Gasteiger partial charge < -0.3 is 4.90 Å². The van der Waals surface area contributed by atoms with Gasteiger partial charge in [-0.1, -0.05) is 24.6 Å². The number of hydrogen-bond donors (Lipinski definition) is 0. The number of amides is 1. The summed E-state index contributed by atoms with van der Waals surface area (Å²) in [4.78, 5) is 13.3. The van der Waals surface area contributed by atoms with Crippen LogP contribution in [-0.2, 0) is 10.2 Å². The molecule has 102 valence electrons. The Kier molecular flexibility index (Phi) is 2.43. The summed E-state index contributed by atoms with van der Waals surface area (Å²) >= 11 is 13.1. The Labute approximate surface area is 123 Å². The van der Waals surface area contributed by atoms with Crippen molar-refractivity contribution in [3.63, 3.8) is 0 Å². The Morgan fingerprint density at radius 2 is 1.89 bits per heavy atom. The van der Waals surface area contributed by atoms with Gasteiger partial charge in [0.15, 0.2) is 0 Å². The first-order chi connectivity index (χ1) is 8.69. The molecule has 2 nitrogen and oxygen atoms in total. The Bertz CT molecular complexity index is 582. The fourth-order valence-corrected chi connectivity index (χ4v) is 5.22. The molecule has 1 heterocycles. The van der Waals surface area contributed by atoms with Gasteiger partial charge >= 0.3 is 0 Å². The molecule has 1 fully saturated rings. The second-order valence-electron chi connectivity index (χ2n) is 6.41. The van der Waals surface area contributed by atoms with E-state index in [1.807, 2.05) is 32.9 Å². The molecule has 1 aromatic rings. The van der Waals surface area contributed by atoms with Crippen LogP contribution in [0.1, 0.15) is 31.9 Å². The third kappa shape index (κ3) is 1.32. The van der Waals surface area contributed by atoms with E-state index in [9.17, 15) is 4.79 Å². The second kappa shape index (κ2) is 3.48. The van der Waals surface area contributed by atoms with Crippen LogP contribution in [0.2, 0.25) is 0 Å². The average molecular weight is 298 g/mol. The zero-order chi connectivity index (χ0) is 14.2. The van der Waals surface area contributed by atoms with E-state index in [0.717, 1.165) is 23.2 Å². The number of aryl methyl sites for hydroxylation is 1. The van der Waals surface area contributed by atoms with Crippen LogP contribution in [0.3, 0.4) is 0 Å². The van der Waals surface area contributed by atoms with Gasteiger partial charge in [-0.25, -0.2) is 0 Å². The van der Waals surface area contributed by atoms with Crippen LogP contribution in [0.25, 0.3) is 0 Å². The number of anilines is 1. The molecule has 3 rings (SSSR count). The van der Waals surface area contributed by atoms with Crippen molar-refractivity contribution in [3.05, 3.63) is 29.3 Å². The highest BCUT2D eigenvalue weighted by atomic mass is 35.5. The van der Waals surface area contributed by atoms with E-state index >= 15 is 0 Å². The smallest absolute Gasteiger partial charge is 0.214 e. The van der Waals surface area contributed by atoms with E-state index in [1.165, 1.54) is 0 Å². The number of halogens is 2. The molecular formula is C15H17Cl2NO. The summed E-state index contributed by atoms with van der Waals surface area (Å²) in [6.45, 7) is 8.19. The lowest BCUT2D eigenvalue weighted by molar-refractivity contribution is -0.108. The number of benzene rings is 1. The van der Waals surface area contributed by atoms with Crippen LogP contribution in [-0.4, -0.2) is 16.3 Å². The normalized spacial score (nSPS) is 33.4. The van der Waals surface area contributed by atoms with E-state index in [-0.39, 0.29) is 16.9 Å². The second-order valence-corrected chi connectivity index (χ2v) is 7.79. The van der Waals surface area contributed by atoms with Crippen LogP contribution < -0.4 is 4.90 Å². The number of nitrogens with zero attached hydrogens (tertiary/aromatic N) is 1. The molecule has 0 saturated heterocycles. The maximum Gasteiger partial charge on any atom is 0.214 e. The number of carbonyl (C=O) groups is 1. The molecule has 0 radical (unpaired) electrons. The number of hydrogen-bond acceptors (Lipinski definition) is 1. The van der Waals surface area contributed by atoms with Gasteiger partial charge in [-0.3, -0.25) is 4.79 Å². The summed E-state index contributed by atoms with van der Waals surface area (Å²) in [6, 6.07) is 6.10. The minimum absolute atomic E-state index is 0.0373. The molecule has 0 spiro atoms. The molecule has 0 aromatic heterocycles. The number of alkyl halides is 2. The van der Waals surface area contributed by atoms with E-state index in [0.29, 0.717) is 0 Å². The zero-order valence-electron chi connectivity index (χ0n) is 11.5. The Morgan fingerprint density at radius 3 is 2.47 bits per heavy atom. The molecule has 1 aliphatic carbocycles. The molecule has 0 N–H and O–H groups in total. The molecule has 1 amide bonds. The SMILES string of the molecule is Cc1ccc2c(c1)[C@@]1(C)[C@@H](C(C)(C)N2C=O)C1(Cl)Cl. The molecule has 0 unspecified atom stereocenters. The summed E-state index contributed by atoms with van der Waals surface area (Å²) < 4.78 is -0.823. The highest BCUT2D eigenvalue weighted by molar-refractivity contribution is 6.53. The Morgan fingerprint density at radius 1 is 1.26 bits per heavy atom. The Hall–Kier alpha value is -0.730. The van der Waals surface area contributed by atoms with E-state index in [1.54, 1.807) is 4.90 Å². The third-order valence-corrected chi connectivity index (χ3v) is 6.17. The van der Waals surface area contributed by atoms with Crippen LogP contribution in [0.4, 0.5) is 5.69 Å². The predicted molar refractivity (Wildman–Crippen MR) is 79.1 cm³/mol. The summed E-state index contributed by atoms with van der Waals surface area (Å²) in [7, 11) is 0. The van der Waals surface area contributed by atoms with Crippen molar-refractivity contribution >= 4 is 35.3 Å². The minimum atomic E-state index is -0.823. The van der Waals surface area contributed by atoms with Gasteiger partial charge in [0, 0.05) is 22.6 Å². The third-order valence-electron chi connectivity index (χ3n) is 4.95. The van der Waals surface area contributed by atoms with Gasteiger partial charge in [-0.15, -0.1) is 23.2 Å². The average Bonchev–Trinajstić information content (AvgIpc) is 2.77. The van der Waals surface area contributed by atoms with Gasteiger partial charge in [0.05, 0.1) is 0 Å². The van der Waals surface area contributed by atoms with Gasteiger partial charge in [-0.2, -0.15) is 0 Å². The predicted octanol–water partition coefficient (Wildman–Crippen LogP) is 3.81. The van der Waals surface area contributed by atoms with Crippen LogP contribution >= 0.6 is 23.2 Å². The summed E-state index contributed by atoms with van der Waals surface area (Å²) in [5.41, 5.74) is 2.48. The maximum atomic E-state index is 11.5. The lowest BCUT2D eigenvalue weighted by atomic mass is 9.80. The van der Waals surface area contributed by atoms with Crippen molar-refractivity contribution in [2.75, 3.05) is 4.90 Å². The molecule has 2 aliphatic rings. The molecule has 1 aromatic carbocycles. The first-order valence-electron chi connectivity index (χ1n) is 6.42. The van der Waals surface area contributed by atoms with Crippen molar-refractivity contribution in [2.24, 2.45) is 5.92 Å². The molecule has 1 aliphatic heterocycles. The zero-order valence-corrected chi connectivity index (χ0v) is 13.0. The van der Waals surface area contributed by atoms with E-state index in [4.69, 9.17) is 23.2 Å². The van der Waals surface area contributed by atoms with E-state index < -0.39 is 4.33 Å². The van der Waals surface area contributed by atoms with E-state index in [2.05, 4.69) is 13.0 Å².